The lowest BCUT2D eigenvalue weighted by Crippen LogP contribution is -2.15. The third-order valence-corrected chi connectivity index (χ3v) is 1.44. The van der Waals surface area contributed by atoms with Gasteiger partial charge in [-0.2, -0.15) is 0 Å². The second-order valence-electron chi connectivity index (χ2n) is 2.51. The molecule has 1 atom stereocenters. The quantitative estimate of drug-likeness (QED) is 0.302. The smallest absolute Gasteiger partial charge is 0.446 e. The molecule has 1 heterocycles. The van der Waals surface area contributed by atoms with Crippen LogP contribution in [0.2, 0.25) is 0 Å². The van der Waals surface area contributed by atoms with Crippen molar-refractivity contribution in [3.8, 4) is 0 Å². The van der Waals surface area contributed by atoms with Crippen molar-refractivity contribution in [3.05, 3.63) is 17.0 Å². The minimum absolute atomic E-state index is 0.235. The largest absolute Gasteiger partial charge is 0.497 e. The number of carbonyl (C=O) groups excluding carboxylic acids is 1. The van der Waals surface area contributed by atoms with Gasteiger partial charge in [-0.15, -0.1) is 0 Å². The number of ether oxygens (including phenoxy) is 2. The van der Waals surface area contributed by atoms with Crippen LogP contribution in [0.1, 0.15) is 6.92 Å². The number of rotatable bonds is 3. The average Bonchev–Trinajstić information content (AvgIpc) is 2.58. The maximum Gasteiger partial charge on any atom is 0.446 e. The molecule has 15 heavy (non-hydrogen) atoms. The van der Waals surface area contributed by atoms with E-state index in [1.807, 2.05) is 0 Å². The van der Waals surface area contributed by atoms with Crippen LogP contribution in [0.5, 0.6) is 0 Å². The molecule has 0 saturated heterocycles. The first-order valence-corrected chi connectivity index (χ1v) is 3.91. The Kier molecular flexibility index (Phi) is 3.27. The number of carbonyl (C=O) groups is 1. The molecule has 8 nitrogen and oxygen atoms in total. The van der Waals surface area contributed by atoms with E-state index in [9.17, 15) is 4.79 Å². The third-order valence-electron chi connectivity index (χ3n) is 1.44. The van der Waals surface area contributed by atoms with Gasteiger partial charge in [-0.3, -0.25) is 0 Å². The Labute approximate surface area is 84.4 Å². The molecule has 1 aliphatic rings. The lowest BCUT2D eigenvalue weighted by atomic mass is 10.2. The van der Waals surface area contributed by atoms with Crippen molar-refractivity contribution in [1.29, 1.82) is 0 Å². The number of nitrogens with zero attached hydrogens (tertiary/aromatic N) is 4. The summed E-state index contributed by atoms with van der Waals surface area (Å²) in [6, 6.07) is 0. The maximum atomic E-state index is 11.2. The summed E-state index contributed by atoms with van der Waals surface area (Å²) in [4.78, 5) is 14.0. The Morgan fingerprint density at radius 2 is 2.27 bits per heavy atom. The first-order valence-electron chi connectivity index (χ1n) is 3.91. The summed E-state index contributed by atoms with van der Waals surface area (Å²) in [6.45, 7) is 1.32. The fraction of sp³-hybridized carbons (Fsp3) is 0.429. The molecular weight excluding hydrogens is 204 g/mol. The van der Waals surface area contributed by atoms with Gasteiger partial charge in [0.25, 0.3) is 5.88 Å². The molecule has 0 aromatic heterocycles. The summed E-state index contributed by atoms with van der Waals surface area (Å²) >= 11 is 0. The summed E-state index contributed by atoms with van der Waals surface area (Å²) in [5.41, 5.74) is 8.27. The zero-order valence-electron chi connectivity index (χ0n) is 8.04. The molecule has 1 rings (SSSR count). The van der Waals surface area contributed by atoms with Crippen LogP contribution >= 0.6 is 0 Å². The Bertz CT molecular complexity index is 392. The first-order chi connectivity index (χ1) is 7.10. The highest BCUT2D eigenvalue weighted by atomic mass is 16.6. The second-order valence-corrected chi connectivity index (χ2v) is 2.51. The van der Waals surface area contributed by atoms with Gasteiger partial charge in [0.05, 0.1) is 7.11 Å². The zero-order chi connectivity index (χ0) is 11.4. The van der Waals surface area contributed by atoms with Gasteiger partial charge in [0, 0.05) is 5.11 Å². The van der Waals surface area contributed by atoms with Gasteiger partial charge >= 0.3 is 11.8 Å². The van der Waals surface area contributed by atoms with Gasteiger partial charge in [0.2, 0.25) is 5.57 Å². The van der Waals surface area contributed by atoms with Gasteiger partial charge in [0.15, 0.2) is 6.29 Å². The van der Waals surface area contributed by atoms with E-state index in [0.717, 1.165) is 7.11 Å². The van der Waals surface area contributed by atoms with Gasteiger partial charge < -0.3 is 24.9 Å². The van der Waals surface area contributed by atoms with Crippen LogP contribution in [-0.4, -0.2) is 35.1 Å². The summed E-state index contributed by atoms with van der Waals surface area (Å²) < 4.78 is 9.17. The highest BCUT2D eigenvalue weighted by Gasteiger charge is 2.37. The number of amidine groups is 1. The third kappa shape index (κ3) is 2.25. The molecular formula is C7H8N4O4. The van der Waals surface area contributed by atoms with Crippen molar-refractivity contribution in [2.45, 2.75) is 13.2 Å². The molecule has 1 unspecified atom stereocenters. The molecule has 0 bridgehead atoms. The van der Waals surface area contributed by atoms with Crippen molar-refractivity contribution >= 4 is 11.8 Å². The molecule has 0 saturated carbocycles. The van der Waals surface area contributed by atoms with Crippen LogP contribution in [0.4, 0.5) is 0 Å². The van der Waals surface area contributed by atoms with E-state index in [1.54, 1.807) is 0 Å². The molecule has 80 valence electrons. The minimum Gasteiger partial charge on any atom is -0.497 e. The maximum absolute atomic E-state index is 11.2. The van der Waals surface area contributed by atoms with E-state index in [4.69, 9.17) is 15.4 Å². The molecule has 0 fully saturated rings. The van der Waals surface area contributed by atoms with Crippen LogP contribution in [0.15, 0.2) is 21.7 Å². The van der Waals surface area contributed by atoms with Crippen molar-refractivity contribution in [2.75, 3.05) is 7.11 Å². The number of hydrogen-bond donors (Lipinski definition) is 1. The van der Waals surface area contributed by atoms with Crippen LogP contribution in [-0.2, 0) is 14.3 Å². The van der Waals surface area contributed by atoms with Crippen molar-refractivity contribution in [1.82, 2.24) is 0 Å². The topological polar surface area (TPSA) is 117 Å². The molecule has 0 aromatic carbocycles. The molecule has 0 radical (unpaired) electrons. The van der Waals surface area contributed by atoms with E-state index in [-0.39, 0.29) is 17.3 Å². The van der Waals surface area contributed by atoms with E-state index in [2.05, 4.69) is 19.8 Å². The van der Waals surface area contributed by atoms with Gasteiger partial charge in [-0.25, -0.2) is 4.79 Å². The van der Waals surface area contributed by atoms with Gasteiger partial charge in [-0.05, 0) is 6.92 Å². The van der Waals surface area contributed by atoms with E-state index >= 15 is 0 Å². The predicted octanol–water partition coefficient (Wildman–Crippen LogP) is -0.180. The number of azo groups is 1. The second kappa shape index (κ2) is 4.45. The number of hydrogen-bond acceptors (Lipinski definition) is 5. The fourth-order valence-electron chi connectivity index (χ4n) is 0.883. The highest BCUT2D eigenvalue weighted by Crippen LogP contribution is 2.19. The monoisotopic (exact) mass is 212 g/mol. The first kappa shape index (κ1) is 11.0. The van der Waals surface area contributed by atoms with Gasteiger partial charge in [-0.1, -0.05) is 0 Å². The van der Waals surface area contributed by atoms with Crippen LogP contribution < -0.4 is 0 Å². The standard InChI is InChI=1S/C7H8N4O4/c1-3(12)15-6-4(7(13)14-2)5(9-8)10-11-6/h3,12H,1-2H3. The Balaban J connectivity index is 3.10. The lowest BCUT2D eigenvalue weighted by molar-refractivity contribution is -0.136. The van der Waals surface area contributed by atoms with Crippen LogP contribution in [0.25, 0.3) is 5.53 Å². The van der Waals surface area contributed by atoms with Crippen LogP contribution in [0.3, 0.4) is 0 Å². The van der Waals surface area contributed by atoms with Crippen LogP contribution in [0, 0.1) is 0 Å². The number of aliphatic hydroxyl groups is 1. The Hall–Kier alpha value is -2.05. The molecule has 0 aromatic rings. The zero-order valence-corrected chi connectivity index (χ0v) is 8.04. The fourth-order valence-corrected chi connectivity index (χ4v) is 0.883. The van der Waals surface area contributed by atoms with Gasteiger partial charge in [0.1, 0.15) is 5.11 Å². The van der Waals surface area contributed by atoms with Crippen molar-refractivity contribution in [3.63, 3.8) is 0 Å². The number of aliphatic hydroxyl groups excluding tert-OH is 1. The predicted molar refractivity (Wildman–Crippen MR) is 45.3 cm³/mol. The Morgan fingerprint density at radius 1 is 1.60 bits per heavy atom. The minimum atomic E-state index is -1.17. The normalized spacial score (nSPS) is 16.3. The lowest BCUT2D eigenvalue weighted by Gasteiger charge is -2.05. The summed E-state index contributed by atoms with van der Waals surface area (Å²) in [5, 5.41) is 15.7. The van der Waals surface area contributed by atoms with E-state index in [1.165, 1.54) is 6.92 Å². The molecule has 1 N–H and O–H groups in total. The molecule has 0 spiro atoms. The van der Waals surface area contributed by atoms with Crippen molar-refractivity contribution < 1.29 is 24.2 Å². The van der Waals surface area contributed by atoms with E-state index < -0.39 is 12.3 Å². The number of methoxy groups -OCH3 is 1. The average molecular weight is 212 g/mol. The molecule has 8 heteroatoms. The summed E-state index contributed by atoms with van der Waals surface area (Å²) in [5.74, 6) is -1.38. The Morgan fingerprint density at radius 3 is 2.73 bits per heavy atom. The molecule has 0 aliphatic carbocycles. The molecule has 1 aliphatic heterocycles. The molecule has 0 amide bonds. The van der Waals surface area contributed by atoms with Crippen molar-refractivity contribution in [2.24, 2.45) is 10.2 Å². The van der Waals surface area contributed by atoms with E-state index in [0.29, 0.717) is 0 Å². The number of esters is 1. The highest BCUT2D eigenvalue weighted by molar-refractivity contribution is 6.18. The summed E-state index contributed by atoms with van der Waals surface area (Å²) in [6.07, 6.45) is -1.17. The summed E-state index contributed by atoms with van der Waals surface area (Å²) in [7, 11) is 1.14. The SMILES string of the molecule is COC(=O)C1=C(OC(C)O)N=NC1=[N+]=[N-].